The topological polar surface area (TPSA) is 112 Å². The number of ether oxygens (including phenoxy) is 1. The van der Waals surface area contributed by atoms with Crippen molar-refractivity contribution in [1.29, 1.82) is 0 Å². The second-order valence-corrected chi connectivity index (χ2v) is 9.73. The van der Waals surface area contributed by atoms with Gasteiger partial charge in [0.25, 0.3) is 11.8 Å². The molecule has 0 saturated carbocycles. The maximum Gasteiger partial charge on any atom is 0.276 e. The zero-order chi connectivity index (χ0) is 26.1. The van der Waals surface area contributed by atoms with Crippen LogP contribution < -0.4 is 4.74 Å². The Balaban J connectivity index is 1.19. The van der Waals surface area contributed by atoms with Crippen molar-refractivity contribution in [2.24, 2.45) is 0 Å². The summed E-state index contributed by atoms with van der Waals surface area (Å²) in [7, 11) is 0. The van der Waals surface area contributed by atoms with Gasteiger partial charge in [-0.2, -0.15) is 10.1 Å². The molecule has 1 saturated heterocycles. The van der Waals surface area contributed by atoms with Gasteiger partial charge in [-0.15, -0.1) is 0 Å². The molecule has 5 rings (SSSR count). The lowest BCUT2D eigenvalue weighted by Gasteiger charge is -2.30. The Morgan fingerprint density at radius 2 is 1.76 bits per heavy atom. The third kappa shape index (κ3) is 5.14. The lowest BCUT2D eigenvalue weighted by atomic mass is 9.96. The predicted octanol–water partition coefficient (Wildman–Crippen LogP) is 4.44. The molecule has 3 aromatic heterocycles. The van der Waals surface area contributed by atoms with Gasteiger partial charge in [-0.1, -0.05) is 28.0 Å². The number of nitrogens with zero attached hydrogens (tertiary/aromatic N) is 6. The van der Waals surface area contributed by atoms with Gasteiger partial charge in [-0.05, 0) is 65.2 Å². The van der Waals surface area contributed by atoms with Crippen molar-refractivity contribution >= 4 is 5.91 Å². The molecule has 37 heavy (non-hydrogen) atoms. The van der Waals surface area contributed by atoms with Crippen molar-refractivity contribution in [3.63, 3.8) is 0 Å². The molecule has 0 N–H and O–H groups in total. The van der Waals surface area contributed by atoms with Crippen LogP contribution in [0.15, 0.2) is 33.3 Å². The van der Waals surface area contributed by atoms with Crippen LogP contribution in [0, 0.1) is 34.6 Å². The number of piperidine rings is 1. The van der Waals surface area contributed by atoms with Gasteiger partial charge in [0, 0.05) is 30.3 Å². The van der Waals surface area contributed by atoms with E-state index in [1.807, 2.05) is 61.5 Å². The van der Waals surface area contributed by atoms with Crippen LogP contribution in [0.1, 0.15) is 74.8 Å². The largest absolute Gasteiger partial charge is 0.484 e. The molecule has 1 fully saturated rings. The minimum absolute atomic E-state index is 0.121. The Labute approximate surface area is 215 Å². The predicted molar refractivity (Wildman–Crippen MR) is 134 cm³/mol. The summed E-state index contributed by atoms with van der Waals surface area (Å²) >= 11 is 0. The van der Waals surface area contributed by atoms with E-state index in [1.54, 1.807) is 0 Å². The minimum atomic E-state index is -0.121. The van der Waals surface area contributed by atoms with E-state index in [2.05, 4.69) is 27.3 Å². The Hall–Kier alpha value is -3.95. The molecule has 0 bridgehead atoms. The molecule has 1 aliphatic rings. The van der Waals surface area contributed by atoms with Gasteiger partial charge in [0.05, 0.1) is 12.2 Å². The molecule has 0 spiro atoms. The first kappa shape index (κ1) is 24.7. The zero-order valence-corrected chi connectivity index (χ0v) is 21.9. The van der Waals surface area contributed by atoms with E-state index in [0.29, 0.717) is 42.8 Å². The number of rotatable bonds is 7. The molecule has 4 aromatic rings. The molecule has 0 aliphatic carbocycles. The molecule has 0 unspecified atom stereocenters. The first-order valence-electron chi connectivity index (χ1n) is 12.6. The minimum Gasteiger partial charge on any atom is -0.484 e. The van der Waals surface area contributed by atoms with Gasteiger partial charge >= 0.3 is 0 Å². The summed E-state index contributed by atoms with van der Waals surface area (Å²) in [4.78, 5) is 19.7. The molecule has 1 aromatic carbocycles. The standard InChI is InChI=1S/C27H32N6O4/c1-16-6-8-22(9-7-16)35-15-24-28-26(31-37-24)21-10-12-32(13-11-21)27(34)25-23(20(5)36-30-25)14-33-19(4)17(2)18(3)29-33/h6-9,21H,10-15H2,1-5H3. The SMILES string of the molecule is Cc1ccc(OCc2nc(C3CCN(C(=O)c4noc(C)c4Cn4nc(C)c(C)c4C)CC3)no2)cc1. The van der Waals surface area contributed by atoms with E-state index in [1.165, 1.54) is 5.56 Å². The van der Waals surface area contributed by atoms with Crippen molar-refractivity contribution in [3.8, 4) is 5.75 Å². The average molecular weight is 505 g/mol. The van der Waals surface area contributed by atoms with E-state index >= 15 is 0 Å². The lowest BCUT2D eigenvalue weighted by molar-refractivity contribution is 0.0699. The number of benzene rings is 1. The summed E-state index contributed by atoms with van der Waals surface area (Å²) in [6, 6.07) is 7.82. The van der Waals surface area contributed by atoms with E-state index in [9.17, 15) is 4.79 Å². The average Bonchev–Trinajstić information content (AvgIpc) is 3.59. The van der Waals surface area contributed by atoms with Crippen molar-refractivity contribution < 1.29 is 18.6 Å². The van der Waals surface area contributed by atoms with Crippen molar-refractivity contribution in [3.05, 3.63) is 75.5 Å². The number of hydrogen-bond acceptors (Lipinski definition) is 8. The number of hydrogen-bond donors (Lipinski definition) is 0. The number of carbonyl (C=O) groups is 1. The van der Waals surface area contributed by atoms with E-state index in [-0.39, 0.29) is 18.4 Å². The van der Waals surface area contributed by atoms with Crippen LogP contribution in [0.2, 0.25) is 0 Å². The molecule has 10 nitrogen and oxygen atoms in total. The van der Waals surface area contributed by atoms with Crippen LogP contribution in [0.4, 0.5) is 0 Å². The van der Waals surface area contributed by atoms with Crippen LogP contribution in [0.25, 0.3) is 0 Å². The molecular weight excluding hydrogens is 472 g/mol. The van der Waals surface area contributed by atoms with Gasteiger partial charge in [-0.25, -0.2) is 0 Å². The fourth-order valence-corrected chi connectivity index (χ4v) is 4.60. The fourth-order valence-electron chi connectivity index (χ4n) is 4.60. The monoisotopic (exact) mass is 504 g/mol. The first-order valence-corrected chi connectivity index (χ1v) is 12.6. The highest BCUT2D eigenvalue weighted by molar-refractivity contribution is 5.94. The highest BCUT2D eigenvalue weighted by Gasteiger charge is 2.31. The fraction of sp³-hybridized carbons (Fsp3) is 0.444. The van der Waals surface area contributed by atoms with E-state index < -0.39 is 0 Å². The highest BCUT2D eigenvalue weighted by atomic mass is 16.5. The van der Waals surface area contributed by atoms with Crippen LogP contribution in [0.5, 0.6) is 5.75 Å². The van der Waals surface area contributed by atoms with Crippen LogP contribution in [-0.4, -0.2) is 49.0 Å². The quantitative estimate of drug-likeness (QED) is 0.363. The third-order valence-corrected chi connectivity index (χ3v) is 7.25. The molecule has 1 amide bonds. The number of amides is 1. The molecule has 1 aliphatic heterocycles. The number of likely N-dealkylation sites (tertiary alicyclic amines) is 1. The maximum atomic E-state index is 13.4. The summed E-state index contributed by atoms with van der Waals surface area (Å²) in [5, 5.41) is 12.9. The Bertz CT molecular complexity index is 1390. The summed E-state index contributed by atoms with van der Waals surface area (Å²) in [5.41, 5.74) is 5.50. The van der Waals surface area contributed by atoms with Crippen LogP contribution >= 0.6 is 0 Å². The van der Waals surface area contributed by atoms with Gasteiger partial charge in [0.2, 0.25) is 0 Å². The van der Waals surface area contributed by atoms with E-state index in [0.717, 1.165) is 41.1 Å². The second-order valence-electron chi connectivity index (χ2n) is 9.73. The third-order valence-electron chi connectivity index (χ3n) is 7.25. The second kappa shape index (κ2) is 10.2. The normalized spacial score (nSPS) is 14.4. The summed E-state index contributed by atoms with van der Waals surface area (Å²) in [6.07, 6.45) is 1.48. The Morgan fingerprint density at radius 3 is 2.43 bits per heavy atom. The zero-order valence-electron chi connectivity index (χ0n) is 21.9. The van der Waals surface area contributed by atoms with Gasteiger partial charge in [0.1, 0.15) is 11.5 Å². The first-order chi connectivity index (χ1) is 17.8. The molecule has 4 heterocycles. The summed E-state index contributed by atoms with van der Waals surface area (Å²) in [6.45, 7) is 11.8. The lowest BCUT2D eigenvalue weighted by Crippen LogP contribution is -2.38. The Morgan fingerprint density at radius 1 is 1.03 bits per heavy atom. The van der Waals surface area contributed by atoms with Gasteiger partial charge in [-0.3, -0.25) is 9.48 Å². The molecular formula is C27H32N6O4. The summed E-state index contributed by atoms with van der Waals surface area (Å²) in [5.74, 6) is 2.49. The van der Waals surface area contributed by atoms with Crippen molar-refractivity contribution in [2.45, 2.75) is 66.5 Å². The number of carbonyl (C=O) groups excluding carboxylic acids is 1. The van der Waals surface area contributed by atoms with Crippen molar-refractivity contribution in [2.75, 3.05) is 13.1 Å². The highest BCUT2D eigenvalue weighted by Crippen LogP contribution is 2.28. The number of aryl methyl sites for hydroxylation is 3. The molecule has 0 radical (unpaired) electrons. The van der Waals surface area contributed by atoms with Crippen LogP contribution in [-0.2, 0) is 13.2 Å². The molecule has 0 atom stereocenters. The summed E-state index contributed by atoms with van der Waals surface area (Å²) < 4.78 is 18.5. The van der Waals surface area contributed by atoms with Gasteiger partial charge in [0.15, 0.2) is 18.1 Å². The number of aromatic nitrogens is 5. The van der Waals surface area contributed by atoms with Crippen molar-refractivity contribution in [1.82, 2.24) is 30.0 Å². The van der Waals surface area contributed by atoms with Crippen LogP contribution in [0.3, 0.4) is 0 Å². The smallest absolute Gasteiger partial charge is 0.276 e. The maximum absolute atomic E-state index is 13.4. The molecule has 194 valence electrons. The van der Waals surface area contributed by atoms with E-state index in [4.69, 9.17) is 13.8 Å². The van der Waals surface area contributed by atoms with Gasteiger partial charge < -0.3 is 18.7 Å². The Kier molecular flexibility index (Phi) is 6.82. The molecule has 10 heteroatoms.